The van der Waals surface area contributed by atoms with E-state index in [1.54, 1.807) is 23.1 Å². The maximum Gasteiger partial charge on any atom is 0.349 e. The van der Waals surface area contributed by atoms with Gasteiger partial charge in [-0.2, -0.15) is 0 Å². The standard InChI is InChI=1S/C15H16N2O3.ClH/c1-10-9-16-6-7-17(10)14(18)12-8-11-4-2-3-5-13(11)20-15(12)19;/h2-5,8,10,16H,6-7,9H2,1H3;1H/t10-;/m1./s1. The Bertz CT molecular complexity index is 713. The molecule has 112 valence electrons. The second-order valence-corrected chi connectivity index (χ2v) is 5.04. The fourth-order valence-corrected chi connectivity index (χ4v) is 2.51. The van der Waals surface area contributed by atoms with Gasteiger partial charge in [-0.05, 0) is 19.1 Å². The van der Waals surface area contributed by atoms with Crippen LogP contribution in [0.4, 0.5) is 0 Å². The van der Waals surface area contributed by atoms with Crippen LogP contribution in [0.15, 0.2) is 39.5 Å². The Morgan fingerprint density at radius 3 is 2.90 bits per heavy atom. The Labute approximate surface area is 128 Å². The Morgan fingerprint density at radius 1 is 1.38 bits per heavy atom. The molecule has 21 heavy (non-hydrogen) atoms. The molecule has 0 bridgehead atoms. The lowest BCUT2D eigenvalue weighted by Gasteiger charge is -2.33. The van der Waals surface area contributed by atoms with E-state index in [4.69, 9.17) is 4.42 Å². The van der Waals surface area contributed by atoms with Crippen LogP contribution < -0.4 is 10.9 Å². The van der Waals surface area contributed by atoms with Crippen LogP contribution in [0.5, 0.6) is 0 Å². The van der Waals surface area contributed by atoms with E-state index in [1.165, 1.54) is 0 Å². The molecule has 0 radical (unpaired) electrons. The van der Waals surface area contributed by atoms with Crippen LogP contribution in [0.25, 0.3) is 11.0 Å². The van der Waals surface area contributed by atoms with Crippen molar-refractivity contribution in [2.24, 2.45) is 0 Å². The summed E-state index contributed by atoms with van der Waals surface area (Å²) in [5.74, 6) is -0.251. The van der Waals surface area contributed by atoms with E-state index < -0.39 is 5.63 Å². The molecular weight excluding hydrogens is 292 g/mol. The van der Waals surface area contributed by atoms with Crippen LogP contribution in [0.2, 0.25) is 0 Å². The van der Waals surface area contributed by atoms with E-state index in [1.807, 2.05) is 19.1 Å². The molecule has 0 saturated carbocycles. The molecule has 1 aromatic heterocycles. The van der Waals surface area contributed by atoms with Crippen molar-refractivity contribution in [3.63, 3.8) is 0 Å². The van der Waals surface area contributed by atoms with Crippen molar-refractivity contribution in [3.8, 4) is 0 Å². The molecule has 3 rings (SSSR count). The largest absolute Gasteiger partial charge is 0.422 e. The molecule has 1 fully saturated rings. The van der Waals surface area contributed by atoms with Gasteiger partial charge >= 0.3 is 5.63 Å². The SMILES string of the molecule is C[C@@H]1CNCCN1C(=O)c1cc2ccccc2oc1=O.Cl. The maximum atomic E-state index is 12.5. The van der Waals surface area contributed by atoms with E-state index >= 15 is 0 Å². The second-order valence-electron chi connectivity index (χ2n) is 5.04. The van der Waals surface area contributed by atoms with Gasteiger partial charge in [0.05, 0.1) is 0 Å². The molecule has 2 aromatic rings. The monoisotopic (exact) mass is 308 g/mol. The smallest absolute Gasteiger partial charge is 0.349 e. The number of nitrogens with one attached hydrogen (secondary N) is 1. The van der Waals surface area contributed by atoms with Crippen LogP contribution in [0, 0.1) is 0 Å². The summed E-state index contributed by atoms with van der Waals surface area (Å²) in [5, 5.41) is 3.98. The molecule has 1 N–H and O–H groups in total. The van der Waals surface area contributed by atoms with Crippen LogP contribution in [0.3, 0.4) is 0 Å². The number of piperazine rings is 1. The molecule has 1 amide bonds. The quantitative estimate of drug-likeness (QED) is 0.814. The van der Waals surface area contributed by atoms with E-state index in [9.17, 15) is 9.59 Å². The highest BCUT2D eigenvalue weighted by atomic mass is 35.5. The second kappa shape index (κ2) is 6.28. The van der Waals surface area contributed by atoms with Gasteiger partial charge in [-0.1, -0.05) is 18.2 Å². The minimum Gasteiger partial charge on any atom is -0.422 e. The predicted octanol–water partition coefficient (Wildman–Crippen LogP) is 1.65. The van der Waals surface area contributed by atoms with Crippen LogP contribution in [0.1, 0.15) is 17.3 Å². The zero-order valence-corrected chi connectivity index (χ0v) is 12.5. The molecule has 1 saturated heterocycles. The number of halogens is 1. The molecule has 1 aliphatic rings. The van der Waals surface area contributed by atoms with Crippen molar-refractivity contribution in [1.82, 2.24) is 10.2 Å². The van der Waals surface area contributed by atoms with Gasteiger partial charge in [0, 0.05) is 31.1 Å². The third kappa shape index (κ3) is 2.94. The maximum absolute atomic E-state index is 12.5. The molecule has 0 unspecified atom stereocenters. The number of fused-ring (bicyclic) bond motifs is 1. The Morgan fingerprint density at radius 2 is 2.14 bits per heavy atom. The first-order valence-corrected chi connectivity index (χ1v) is 6.71. The van der Waals surface area contributed by atoms with Crippen molar-refractivity contribution in [1.29, 1.82) is 0 Å². The number of para-hydroxylation sites is 1. The molecule has 6 heteroatoms. The van der Waals surface area contributed by atoms with E-state index in [-0.39, 0.29) is 29.9 Å². The van der Waals surface area contributed by atoms with Gasteiger partial charge in [-0.3, -0.25) is 4.79 Å². The highest BCUT2D eigenvalue weighted by molar-refractivity contribution is 5.96. The lowest BCUT2D eigenvalue weighted by atomic mass is 10.1. The zero-order valence-electron chi connectivity index (χ0n) is 11.7. The molecule has 2 heterocycles. The summed E-state index contributed by atoms with van der Waals surface area (Å²) >= 11 is 0. The van der Waals surface area contributed by atoms with Crippen LogP contribution in [-0.2, 0) is 0 Å². The Balaban J connectivity index is 0.00000161. The van der Waals surface area contributed by atoms with Crippen LogP contribution in [-0.4, -0.2) is 36.5 Å². The first kappa shape index (κ1) is 15.5. The van der Waals surface area contributed by atoms with Gasteiger partial charge in [0.25, 0.3) is 5.91 Å². The van der Waals surface area contributed by atoms with E-state index in [0.717, 1.165) is 18.5 Å². The van der Waals surface area contributed by atoms with Crippen molar-refractivity contribution in [3.05, 3.63) is 46.3 Å². The average molecular weight is 309 g/mol. The minimum absolute atomic E-state index is 0. The number of rotatable bonds is 1. The predicted molar refractivity (Wildman–Crippen MR) is 83.1 cm³/mol. The summed E-state index contributed by atoms with van der Waals surface area (Å²) in [6, 6.07) is 8.89. The normalized spacial score (nSPS) is 18.3. The van der Waals surface area contributed by atoms with Gasteiger partial charge < -0.3 is 14.6 Å². The summed E-state index contributed by atoms with van der Waals surface area (Å²) in [7, 11) is 0. The minimum atomic E-state index is -0.570. The molecule has 1 atom stereocenters. The van der Waals surface area contributed by atoms with Crippen molar-refractivity contribution in [2.45, 2.75) is 13.0 Å². The Kier molecular flexibility index (Phi) is 4.65. The highest BCUT2D eigenvalue weighted by Crippen LogP contribution is 2.15. The van der Waals surface area contributed by atoms with Crippen molar-refractivity contribution < 1.29 is 9.21 Å². The highest BCUT2D eigenvalue weighted by Gasteiger charge is 2.26. The summed E-state index contributed by atoms with van der Waals surface area (Å²) < 4.78 is 5.22. The summed E-state index contributed by atoms with van der Waals surface area (Å²) in [4.78, 5) is 26.2. The topological polar surface area (TPSA) is 62.6 Å². The third-order valence-electron chi connectivity index (χ3n) is 3.63. The number of hydrogen-bond acceptors (Lipinski definition) is 4. The molecule has 5 nitrogen and oxygen atoms in total. The number of nitrogens with zero attached hydrogens (tertiary/aromatic N) is 1. The van der Waals surface area contributed by atoms with Gasteiger partial charge in [-0.25, -0.2) is 4.79 Å². The van der Waals surface area contributed by atoms with Gasteiger partial charge in [0.1, 0.15) is 11.1 Å². The van der Waals surface area contributed by atoms with E-state index in [0.29, 0.717) is 12.1 Å². The Hall–Kier alpha value is -1.85. The molecule has 0 spiro atoms. The first-order chi connectivity index (χ1) is 9.66. The van der Waals surface area contributed by atoms with Gasteiger partial charge in [0.2, 0.25) is 0 Å². The fraction of sp³-hybridized carbons (Fsp3) is 0.333. The van der Waals surface area contributed by atoms with Gasteiger partial charge in [-0.15, -0.1) is 12.4 Å². The van der Waals surface area contributed by atoms with E-state index in [2.05, 4.69) is 5.32 Å². The van der Waals surface area contributed by atoms with Crippen LogP contribution >= 0.6 is 12.4 Å². The number of carbonyl (C=O) groups excluding carboxylic acids is 1. The lowest BCUT2D eigenvalue weighted by Crippen LogP contribution is -2.52. The summed E-state index contributed by atoms with van der Waals surface area (Å²) in [5.41, 5.74) is 0.0410. The number of benzene rings is 1. The summed E-state index contributed by atoms with van der Waals surface area (Å²) in [6.07, 6.45) is 0. The average Bonchev–Trinajstić information content (AvgIpc) is 2.46. The zero-order chi connectivity index (χ0) is 14.1. The third-order valence-corrected chi connectivity index (χ3v) is 3.63. The number of carbonyl (C=O) groups is 1. The van der Waals surface area contributed by atoms with Crippen molar-refractivity contribution >= 4 is 29.3 Å². The molecule has 1 aliphatic heterocycles. The number of hydrogen-bond donors (Lipinski definition) is 1. The fourth-order valence-electron chi connectivity index (χ4n) is 2.51. The molecular formula is C15H17ClN2O3. The molecule has 1 aromatic carbocycles. The first-order valence-electron chi connectivity index (χ1n) is 6.71. The lowest BCUT2D eigenvalue weighted by molar-refractivity contribution is 0.0651. The number of amides is 1. The van der Waals surface area contributed by atoms with Gasteiger partial charge in [0.15, 0.2) is 0 Å². The molecule has 0 aliphatic carbocycles. The summed E-state index contributed by atoms with van der Waals surface area (Å²) in [6.45, 7) is 4.05. The van der Waals surface area contributed by atoms with Crippen molar-refractivity contribution in [2.75, 3.05) is 19.6 Å².